The molecule has 0 aliphatic rings. The topological polar surface area (TPSA) is 78.4 Å². The highest BCUT2D eigenvalue weighted by atomic mass is 127. The molecule has 0 aliphatic heterocycles. The summed E-state index contributed by atoms with van der Waals surface area (Å²) in [4.78, 5) is 6.75. The van der Waals surface area contributed by atoms with Gasteiger partial charge in [-0.15, -0.1) is 24.0 Å². The molecule has 2 unspecified atom stereocenters. The minimum atomic E-state index is -1.01. The van der Waals surface area contributed by atoms with Crippen LogP contribution < -0.4 is 20.1 Å². The van der Waals surface area contributed by atoms with E-state index in [1.165, 1.54) is 0 Å². The minimum Gasteiger partial charge on any atom is -0.493 e. The Morgan fingerprint density at radius 1 is 1.19 bits per heavy atom. The summed E-state index contributed by atoms with van der Waals surface area (Å²) in [6.45, 7) is 5.44. The third-order valence-corrected chi connectivity index (χ3v) is 5.59. The van der Waals surface area contributed by atoms with Crippen molar-refractivity contribution in [2.45, 2.75) is 25.5 Å². The van der Waals surface area contributed by atoms with Gasteiger partial charge in [0, 0.05) is 13.1 Å². The molecule has 0 fully saturated rings. The van der Waals surface area contributed by atoms with Gasteiger partial charge in [0.05, 0.1) is 26.8 Å². The number of rotatable bonds is 10. The number of hydrogen-bond donors (Lipinski definition) is 3. The number of hydrogen-bond acceptors (Lipinski definition) is 6. The second kappa shape index (κ2) is 13.1. The van der Waals surface area contributed by atoms with Crippen molar-refractivity contribution in [2.24, 2.45) is 4.99 Å². The highest BCUT2D eigenvalue weighted by Gasteiger charge is 2.23. The predicted molar refractivity (Wildman–Crippen MR) is 139 cm³/mol. The molecule has 2 rings (SSSR count). The Morgan fingerprint density at radius 3 is 2.45 bits per heavy atom. The number of aliphatic hydroxyl groups is 1. The number of benzene rings is 1. The van der Waals surface area contributed by atoms with Gasteiger partial charge in [0.2, 0.25) is 0 Å². The fourth-order valence-corrected chi connectivity index (χ4v) is 3.87. The molecule has 1 aromatic heterocycles. The number of halogens is 1. The summed E-state index contributed by atoms with van der Waals surface area (Å²) in [6, 6.07) is 7.98. The lowest BCUT2D eigenvalue weighted by Gasteiger charge is -2.27. The molecule has 0 aliphatic carbocycles. The molecule has 1 aromatic carbocycles. The number of ether oxygens (including phenoxy) is 2. The zero-order valence-corrected chi connectivity index (χ0v) is 22.3. The lowest BCUT2D eigenvalue weighted by molar-refractivity contribution is 0.0677. The molecule has 0 radical (unpaired) electrons. The van der Waals surface area contributed by atoms with Gasteiger partial charge < -0.3 is 30.1 Å². The molecular weight excluding hydrogens is 527 g/mol. The highest BCUT2D eigenvalue weighted by molar-refractivity contribution is 14.0. The second-order valence-corrected chi connectivity index (χ2v) is 8.24. The Hall–Kier alpha value is -1.56. The minimum absolute atomic E-state index is 0. The van der Waals surface area contributed by atoms with Crippen molar-refractivity contribution in [3.63, 3.8) is 0 Å². The predicted octanol–water partition coefficient (Wildman–Crippen LogP) is 3.45. The van der Waals surface area contributed by atoms with E-state index in [0.29, 0.717) is 24.0 Å². The molecule has 0 saturated heterocycles. The van der Waals surface area contributed by atoms with Crippen LogP contribution in [0.5, 0.6) is 11.5 Å². The summed E-state index contributed by atoms with van der Waals surface area (Å²) < 4.78 is 10.8. The van der Waals surface area contributed by atoms with E-state index in [0.717, 1.165) is 17.7 Å². The normalized spacial score (nSPS) is 14.4. The van der Waals surface area contributed by atoms with Crippen LogP contribution in [0.15, 0.2) is 40.0 Å². The van der Waals surface area contributed by atoms with Crippen LogP contribution in [0.2, 0.25) is 0 Å². The molecule has 7 nitrogen and oxygen atoms in total. The molecule has 0 spiro atoms. The van der Waals surface area contributed by atoms with Crippen molar-refractivity contribution in [3.05, 3.63) is 46.2 Å². The molecule has 3 N–H and O–H groups in total. The van der Waals surface area contributed by atoms with E-state index in [9.17, 15) is 5.11 Å². The van der Waals surface area contributed by atoms with Crippen molar-refractivity contribution in [2.75, 3.05) is 47.9 Å². The van der Waals surface area contributed by atoms with Crippen molar-refractivity contribution in [3.8, 4) is 11.5 Å². The number of methoxy groups -OCH3 is 2. The van der Waals surface area contributed by atoms with Gasteiger partial charge in [-0.1, -0.05) is 6.07 Å². The fraction of sp³-hybridized carbons (Fsp3) is 0.500. The Labute approximate surface area is 206 Å². The van der Waals surface area contributed by atoms with Crippen LogP contribution in [0.3, 0.4) is 0 Å². The smallest absolute Gasteiger partial charge is 0.191 e. The summed E-state index contributed by atoms with van der Waals surface area (Å²) in [5, 5.41) is 21.3. The van der Waals surface area contributed by atoms with Gasteiger partial charge in [-0.2, -0.15) is 11.3 Å². The number of nitrogens with zero attached hydrogens (tertiary/aromatic N) is 2. The molecule has 31 heavy (non-hydrogen) atoms. The molecule has 174 valence electrons. The van der Waals surface area contributed by atoms with E-state index >= 15 is 0 Å². The Balaban J connectivity index is 0.00000480. The number of guanidine groups is 1. The molecule has 1 heterocycles. The Kier molecular flexibility index (Phi) is 11.6. The summed E-state index contributed by atoms with van der Waals surface area (Å²) in [5.74, 6) is 2.08. The zero-order chi connectivity index (χ0) is 22.1. The summed E-state index contributed by atoms with van der Waals surface area (Å²) in [7, 11) is 7.34. The molecular formula is C22H35IN4O3S. The summed E-state index contributed by atoms with van der Waals surface area (Å²) in [6.07, 6.45) is 0. The summed E-state index contributed by atoms with van der Waals surface area (Å²) in [5.41, 5.74) is 0.974. The van der Waals surface area contributed by atoms with E-state index in [4.69, 9.17) is 9.47 Å². The van der Waals surface area contributed by atoms with Crippen LogP contribution in [0.1, 0.15) is 31.0 Å². The first-order valence-corrected chi connectivity index (χ1v) is 10.9. The first-order chi connectivity index (χ1) is 14.3. The lowest BCUT2D eigenvalue weighted by atomic mass is 10.00. The van der Waals surface area contributed by atoms with Crippen LogP contribution in [0.25, 0.3) is 0 Å². The third kappa shape index (κ3) is 7.81. The van der Waals surface area contributed by atoms with Gasteiger partial charge in [-0.25, -0.2) is 4.99 Å². The average molecular weight is 563 g/mol. The number of likely N-dealkylation sites (N-methyl/N-ethyl adjacent to an activating group) is 1. The van der Waals surface area contributed by atoms with Crippen molar-refractivity contribution >= 4 is 41.3 Å². The molecule has 2 atom stereocenters. The van der Waals surface area contributed by atoms with Crippen LogP contribution >= 0.6 is 35.3 Å². The van der Waals surface area contributed by atoms with Crippen LogP contribution in [0, 0.1) is 0 Å². The molecule has 0 bridgehead atoms. The zero-order valence-electron chi connectivity index (χ0n) is 19.1. The first-order valence-electron chi connectivity index (χ1n) is 9.98. The van der Waals surface area contributed by atoms with Crippen molar-refractivity contribution in [1.29, 1.82) is 0 Å². The van der Waals surface area contributed by atoms with E-state index in [1.54, 1.807) is 32.5 Å². The average Bonchev–Trinajstić information content (AvgIpc) is 3.27. The molecule has 9 heteroatoms. The monoisotopic (exact) mass is 562 g/mol. The highest BCUT2D eigenvalue weighted by Crippen LogP contribution is 2.31. The maximum atomic E-state index is 10.8. The van der Waals surface area contributed by atoms with Gasteiger partial charge in [-0.05, 0) is 68.0 Å². The first kappa shape index (κ1) is 27.5. The fourth-order valence-electron chi connectivity index (χ4n) is 3.09. The summed E-state index contributed by atoms with van der Waals surface area (Å²) >= 11 is 1.57. The standard InChI is InChI=1S/C22H34N4O3S.HI/c1-7-23-21(25-15-22(2,27)17-10-11-30-14-17)24-13-18(26(3)4)16-8-9-19(28-5)20(12-16)29-6;/h8-12,14,18,27H,7,13,15H2,1-6H3,(H2,23,24,25);1H. The van der Waals surface area contributed by atoms with E-state index < -0.39 is 5.60 Å². The van der Waals surface area contributed by atoms with Crippen LogP contribution in [0.4, 0.5) is 0 Å². The quantitative estimate of drug-likeness (QED) is 0.234. The van der Waals surface area contributed by atoms with Gasteiger partial charge in [0.25, 0.3) is 0 Å². The second-order valence-electron chi connectivity index (χ2n) is 7.46. The van der Waals surface area contributed by atoms with Gasteiger partial charge in [0.1, 0.15) is 5.60 Å². The Morgan fingerprint density at radius 2 is 1.90 bits per heavy atom. The van der Waals surface area contributed by atoms with Gasteiger partial charge >= 0.3 is 0 Å². The number of nitrogens with one attached hydrogen (secondary N) is 2. The van der Waals surface area contributed by atoms with Gasteiger partial charge in [-0.3, -0.25) is 0 Å². The van der Waals surface area contributed by atoms with Crippen LogP contribution in [-0.2, 0) is 5.60 Å². The lowest BCUT2D eigenvalue weighted by Crippen LogP contribution is -2.42. The maximum absolute atomic E-state index is 10.8. The molecule has 0 saturated carbocycles. The van der Waals surface area contributed by atoms with Crippen molar-refractivity contribution in [1.82, 2.24) is 15.5 Å². The Bertz CT molecular complexity index is 813. The van der Waals surface area contributed by atoms with Gasteiger partial charge in [0.15, 0.2) is 17.5 Å². The van der Waals surface area contributed by atoms with Crippen LogP contribution in [-0.4, -0.2) is 63.9 Å². The van der Waals surface area contributed by atoms with E-state index in [2.05, 4.69) is 20.5 Å². The largest absolute Gasteiger partial charge is 0.493 e. The SMILES string of the molecule is CCNC(=NCC(C)(O)c1ccsc1)NCC(c1ccc(OC)c(OC)c1)N(C)C.I. The maximum Gasteiger partial charge on any atom is 0.191 e. The van der Waals surface area contributed by atoms with E-state index in [-0.39, 0.29) is 36.6 Å². The van der Waals surface area contributed by atoms with E-state index in [1.807, 2.05) is 56.0 Å². The number of thiophene rings is 1. The third-order valence-electron chi connectivity index (χ3n) is 4.91. The molecule has 2 aromatic rings. The molecule has 0 amide bonds. The van der Waals surface area contributed by atoms with Crippen molar-refractivity contribution < 1.29 is 14.6 Å². The number of aliphatic imine (C=N–C) groups is 1.